The van der Waals surface area contributed by atoms with Gasteiger partial charge in [-0.1, -0.05) is 49.7 Å². The zero-order chi connectivity index (χ0) is 27.2. The second kappa shape index (κ2) is 10.6. The van der Waals surface area contributed by atoms with E-state index >= 15 is 0 Å². The first kappa shape index (κ1) is 29.5. The first-order valence-electron chi connectivity index (χ1n) is 13.0. The first-order chi connectivity index (χ1) is 16.7. The predicted octanol–water partition coefficient (Wildman–Crippen LogP) is 4.01. The second-order valence-electron chi connectivity index (χ2n) is 12.2. The number of hydrogen-bond acceptors (Lipinski definition) is 6. The lowest BCUT2D eigenvalue weighted by Crippen LogP contribution is -2.61. The van der Waals surface area contributed by atoms with Gasteiger partial charge in [0.25, 0.3) is 0 Å². The van der Waals surface area contributed by atoms with Crippen molar-refractivity contribution in [1.82, 2.24) is 9.80 Å². The van der Waals surface area contributed by atoms with Gasteiger partial charge in [-0.15, -0.1) is 18.3 Å². The number of likely N-dealkylation sites (tertiary alicyclic amines) is 1. The van der Waals surface area contributed by atoms with Crippen molar-refractivity contribution < 1.29 is 24.2 Å². The van der Waals surface area contributed by atoms with Gasteiger partial charge >= 0.3 is 5.97 Å². The number of thioether (sulfide) groups is 1. The van der Waals surface area contributed by atoms with Crippen LogP contribution in [0.15, 0.2) is 12.7 Å². The predicted molar refractivity (Wildman–Crippen MR) is 147 cm³/mol. The summed E-state index contributed by atoms with van der Waals surface area (Å²) in [5.74, 6) is -1.99. The number of esters is 1. The maximum absolute atomic E-state index is 14.7. The van der Waals surface area contributed by atoms with Gasteiger partial charge in [0.1, 0.15) is 6.04 Å². The van der Waals surface area contributed by atoms with E-state index in [9.17, 15) is 19.5 Å². The molecule has 3 heterocycles. The highest BCUT2D eigenvalue weighted by molar-refractivity contribution is 9.09. The normalized spacial score (nSPS) is 32.4. The van der Waals surface area contributed by atoms with Crippen molar-refractivity contribution in [3.8, 4) is 0 Å². The van der Waals surface area contributed by atoms with E-state index in [1.165, 1.54) is 0 Å². The minimum absolute atomic E-state index is 0.0131. The number of aliphatic hydroxyl groups excluding tert-OH is 1. The highest BCUT2D eigenvalue weighted by Gasteiger charge is 2.76. The smallest absolute Gasteiger partial charge is 0.310 e. The quantitative estimate of drug-likeness (QED) is 0.236. The van der Waals surface area contributed by atoms with E-state index in [0.717, 1.165) is 6.42 Å². The van der Waals surface area contributed by atoms with E-state index in [0.29, 0.717) is 19.4 Å². The van der Waals surface area contributed by atoms with Crippen molar-refractivity contribution in [1.29, 1.82) is 0 Å². The number of aliphatic hydroxyl groups is 1. The summed E-state index contributed by atoms with van der Waals surface area (Å²) < 4.78 is 4.66. The molecular formula is C27H43BrN2O5S. The molecule has 3 fully saturated rings. The van der Waals surface area contributed by atoms with Crippen LogP contribution in [0.3, 0.4) is 0 Å². The van der Waals surface area contributed by atoms with Gasteiger partial charge in [-0.3, -0.25) is 14.4 Å². The van der Waals surface area contributed by atoms with Gasteiger partial charge in [0.2, 0.25) is 11.8 Å². The average molecular weight is 588 g/mol. The van der Waals surface area contributed by atoms with Crippen LogP contribution in [0.4, 0.5) is 0 Å². The van der Waals surface area contributed by atoms with E-state index in [4.69, 9.17) is 4.74 Å². The molecule has 0 aromatic rings. The molecule has 7 atom stereocenters. The highest BCUT2D eigenvalue weighted by Crippen LogP contribution is 2.68. The Morgan fingerprint density at radius 1 is 1.33 bits per heavy atom. The Labute approximate surface area is 228 Å². The molecule has 204 valence electrons. The fraction of sp³-hybridized carbons (Fsp3) is 0.815. The second-order valence-corrected chi connectivity index (χ2v) is 14.9. The summed E-state index contributed by atoms with van der Waals surface area (Å²) in [6.45, 7) is 18.5. The standard InChI is InChI=1S/C27H43BrN2O5S/c1-9-12-29(26(7,8)15-25(4,5)6)23(33)21-27-13-17(28)20(36-27)18(24(34)35-11-3)19(27)22(32)30(21)16(10-2)14-31/h9,16-21,31H,1,10-15H2,2-8H3/t16-,17?,18+,19-,20+,21?,27?/m0/s1. The van der Waals surface area contributed by atoms with Crippen molar-refractivity contribution in [2.45, 2.75) is 100 Å². The Bertz CT molecular complexity index is 886. The SMILES string of the molecule is C=CCN(C(=O)C1N([C@@H](CC)CO)C(=O)[C@@H]2[C@@H](C(=O)OCC)[C@@H]3SC12CC3Br)C(C)(C)CC(C)(C)C. The molecule has 0 aromatic carbocycles. The van der Waals surface area contributed by atoms with Gasteiger partial charge in [-0.05, 0) is 45.4 Å². The van der Waals surface area contributed by atoms with Crippen molar-refractivity contribution in [3.63, 3.8) is 0 Å². The molecule has 2 bridgehead atoms. The molecule has 0 radical (unpaired) electrons. The van der Waals surface area contributed by atoms with E-state index < -0.39 is 34.2 Å². The van der Waals surface area contributed by atoms with Crippen LogP contribution in [0.1, 0.15) is 67.7 Å². The van der Waals surface area contributed by atoms with Gasteiger partial charge in [0.15, 0.2) is 0 Å². The Morgan fingerprint density at radius 3 is 2.47 bits per heavy atom. The number of halogens is 1. The Morgan fingerprint density at radius 2 is 1.97 bits per heavy atom. The summed E-state index contributed by atoms with van der Waals surface area (Å²) in [5.41, 5.74) is -0.522. The summed E-state index contributed by atoms with van der Waals surface area (Å²) in [5, 5.41) is 10.1. The molecule has 0 aromatic heterocycles. The molecule has 0 saturated carbocycles. The molecule has 0 aliphatic carbocycles. The van der Waals surface area contributed by atoms with Gasteiger partial charge in [-0.25, -0.2) is 0 Å². The van der Waals surface area contributed by atoms with E-state index in [1.54, 1.807) is 29.7 Å². The molecule has 3 unspecified atom stereocenters. The van der Waals surface area contributed by atoms with E-state index in [-0.39, 0.29) is 46.5 Å². The third kappa shape index (κ3) is 4.89. The molecular weight excluding hydrogens is 544 g/mol. The Hall–Kier alpha value is -1.06. The van der Waals surface area contributed by atoms with Crippen LogP contribution < -0.4 is 0 Å². The number of amides is 2. The Kier molecular flexibility index (Phi) is 8.69. The molecule has 36 heavy (non-hydrogen) atoms. The topological polar surface area (TPSA) is 87.2 Å². The fourth-order valence-corrected chi connectivity index (χ4v) is 10.5. The summed E-state index contributed by atoms with van der Waals surface area (Å²) in [4.78, 5) is 45.4. The third-order valence-electron chi connectivity index (χ3n) is 7.87. The van der Waals surface area contributed by atoms with Crippen LogP contribution in [0.5, 0.6) is 0 Å². The summed E-state index contributed by atoms with van der Waals surface area (Å²) in [7, 11) is 0. The molecule has 1 spiro atoms. The summed E-state index contributed by atoms with van der Waals surface area (Å²) in [6, 6.07) is -1.28. The number of ether oxygens (including phenoxy) is 1. The number of hydrogen-bond donors (Lipinski definition) is 1. The minimum Gasteiger partial charge on any atom is -0.466 e. The Balaban J connectivity index is 2.15. The first-order valence-corrected chi connectivity index (χ1v) is 14.8. The molecule has 2 amide bonds. The number of carbonyl (C=O) groups excluding carboxylic acids is 3. The van der Waals surface area contributed by atoms with Gasteiger partial charge in [0.05, 0.1) is 35.8 Å². The molecule has 7 nitrogen and oxygen atoms in total. The lowest BCUT2D eigenvalue weighted by atomic mass is 9.70. The zero-order valence-electron chi connectivity index (χ0n) is 22.8. The van der Waals surface area contributed by atoms with Crippen molar-refractivity contribution in [2.75, 3.05) is 19.8 Å². The fourth-order valence-electron chi connectivity index (χ4n) is 6.97. The molecule has 3 aliphatic rings. The van der Waals surface area contributed by atoms with E-state index in [1.807, 2.05) is 11.8 Å². The number of alkyl halides is 1. The number of carbonyl (C=O) groups is 3. The van der Waals surface area contributed by atoms with Gasteiger partial charge in [0, 0.05) is 22.2 Å². The lowest BCUT2D eigenvalue weighted by Gasteiger charge is -2.46. The van der Waals surface area contributed by atoms with Gasteiger partial charge < -0.3 is 19.6 Å². The monoisotopic (exact) mass is 586 g/mol. The van der Waals surface area contributed by atoms with Crippen LogP contribution in [0.2, 0.25) is 0 Å². The average Bonchev–Trinajstić information content (AvgIpc) is 3.35. The largest absolute Gasteiger partial charge is 0.466 e. The van der Waals surface area contributed by atoms with Crippen molar-refractivity contribution in [2.24, 2.45) is 17.3 Å². The van der Waals surface area contributed by atoms with E-state index in [2.05, 4.69) is 57.1 Å². The molecule has 1 N–H and O–H groups in total. The maximum atomic E-state index is 14.7. The van der Waals surface area contributed by atoms with Crippen molar-refractivity contribution >= 4 is 45.5 Å². The third-order valence-corrected chi connectivity index (χ3v) is 11.1. The number of rotatable bonds is 10. The highest BCUT2D eigenvalue weighted by atomic mass is 79.9. The van der Waals surface area contributed by atoms with Crippen LogP contribution >= 0.6 is 27.7 Å². The van der Waals surface area contributed by atoms with Crippen LogP contribution in [0.25, 0.3) is 0 Å². The van der Waals surface area contributed by atoms with Crippen molar-refractivity contribution in [3.05, 3.63) is 12.7 Å². The number of fused-ring (bicyclic) bond motifs is 1. The molecule has 3 aliphatic heterocycles. The molecule has 9 heteroatoms. The number of nitrogens with zero attached hydrogens (tertiary/aromatic N) is 2. The minimum atomic E-state index is -0.777. The zero-order valence-corrected chi connectivity index (χ0v) is 25.2. The van der Waals surface area contributed by atoms with Crippen LogP contribution in [0, 0.1) is 17.3 Å². The summed E-state index contributed by atoms with van der Waals surface area (Å²) in [6.07, 6.45) is 3.61. The van der Waals surface area contributed by atoms with Gasteiger partial charge in [-0.2, -0.15) is 0 Å². The lowest BCUT2D eigenvalue weighted by molar-refractivity contribution is -0.154. The summed E-state index contributed by atoms with van der Waals surface area (Å²) >= 11 is 5.37. The van der Waals surface area contributed by atoms with Crippen LogP contribution in [-0.2, 0) is 19.1 Å². The maximum Gasteiger partial charge on any atom is 0.310 e. The van der Waals surface area contributed by atoms with Crippen LogP contribution in [-0.4, -0.2) is 84.9 Å². The molecule has 3 rings (SSSR count). The molecule has 3 saturated heterocycles.